The molecule has 0 spiro atoms. The van der Waals surface area contributed by atoms with Gasteiger partial charge in [-0.05, 0) is 35.4 Å². The van der Waals surface area contributed by atoms with Crippen molar-refractivity contribution in [2.75, 3.05) is 0 Å². The molecular weight excluding hydrogens is 428 g/mol. The first-order valence-corrected chi connectivity index (χ1v) is 12.1. The lowest BCUT2D eigenvalue weighted by molar-refractivity contribution is 0.620. The lowest BCUT2D eigenvalue weighted by atomic mass is 9.81. The van der Waals surface area contributed by atoms with E-state index in [1.807, 2.05) is 12.3 Å². The Hall–Kier alpha value is -4.37. The van der Waals surface area contributed by atoms with Crippen LogP contribution < -0.4 is 0 Å². The minimum absolute atomic E-state index is 0.197. The highest BCUT2D eigenvalue weighted by Crippen LogP contribution is 2.57. The lowest BCUT2D eigenvalue weighted by Gasteiger charge is -2.21. The summed E-state index contributed by atoms with van der Waals surface area (Å²) in [6.45, 7) is 4.65. The van der Waals surface area contributed by atoms with E-state index in [1.165, 1.54) is 43.9 Å². The fourth-order valence-corrected chi connectivity index (χ4v) is 6.39. The van der Waals surface area contributed by atoms with Gasteiger partial charge in [-0.1, -0.05) is 80.6 Å². The van der Waals surface area contributed by atoms with Gasteiger partial charge in [-0.3, -0.25) is 4.57 Å². The van der Waals surface area contributed by atoms with Gasteiger partial charge in [0, 0.05) is 44.3 Å². The number of hydrogen-bond donors (Lipinski definition) is 0. The second-order valence-electron chi connectivity index (χ2n) is 9.99. The minimum Gasteiger partial charge on any atom is -0.456 e. The Kier molecular flexibility index (Phi) is 3.47. The zero-order valence-electron chi connectivity index (χ0n) is 19.5. The van der Waals surface area contributed by atoms with Gasteiger partial charge in [-0.25, -0.2) is 4.98 Å². The van der Waals surface area contributed by atoms with Gasteiger partial charge in [-0.15, -0.1) is 0 Å². The van der Waals surface area contributed by atoms with Crippen LogP contribution in [0.1, 0.15) is 25.0 Å². The maximum atomic E-state index is 6.71. The largest absolute Gasteiger partial charge is 0.456 e. The van der Waals surface area contributed by atoms with Gasteiger partial charge in [0.25, 0.3) is 0 Å². The van der Waals surface area contributed by atoms with Crippen molar-refractivity contribution in [3.8, 4) is 16.9 Å². The van der Waals surface area contributed by atoms with E-state index in [4.69, 9.17) is 9.40 Å². The molecule has 0 aliphatic heterocycles. The van der Waals surface area contributed by atoms with E-state index in [9.17, 15) is 0 Å². The summed E-state index contributed by atoms with van der Waals surface area (Å²) in [6.07, 6.45) is 1.87. The summed E-state index contributed by atoms with van der Waals surface area (Å²) in [4.78, 5) is 4.81. The van der Waals surface area contributed by atoms with Gasteiger partial charge in [0.15, 0.2) is 0 Å². The Morgan fingerprint density at radius 1 is 0.743 bits per heavy atom. The standard InChI is InChI=1S/C32H22N2O/c1-32(2)22-14-6-3-11-19(22)28-29(32)31-27(21-13-5-8-16-24(21)35-31)26-20-12-4-7-15-23(20)34(30(26)28)25-17-9-10-18-33-25/h3-18H,1-2H3. The van der Waals surface area contributed by atoms with Crippen molar-refractivity contribution in [2.24, 2.45) is 0 Å². The van der Waals surface area contributed by atoms with Crippen molar-refractivity contribution in [1.29, 1.82) is 0 Å². The molecule has 0 N–H and O–H groups in total. The van der Waals surface area contributed by atoms with E-state index in [-0.39, 0.29) is 5.41 Å². The van der Waals surface area contributed by atoms with Crippen LogP contribution in [0.25, 0.3) is 60.7 Å². The number of fused-ring (bicyclic) bond motifs is 12. The molecule has 0 saturated heterocycles. The van der Waals surface area contributed by atoms with Crippen LogP contribution in [0.5, 0.6) is 0 Å². The van der Waals surface area contributed by atoms with E-state index in [2.05, 4.69) is 103 Å². The SMILES string of the molecule is CC1(C)c2ccccc2-c2c1c1oc3ccccc3c1c1c3ccccc3n(-c3ccccn3)c21. The van der Waals surface area contributed by atoms with Crippen molar-refractivity contribution in [1.82, 2.24) is 9.55 Å². The summed E-state index contributed by atoms with van der Waals surface area (Å²) >= 11 is 0. The molecule has 166 valence electrons. The zero-order chi connectivity index (χ0) is 23.3. The zero-order valence-corrected chi connectivity index (χ0v) is 19.5. The number of para-hydroxylation sites is 2. The fourth-order valence-electron chi connectivity index (χ4n) is 6.39. The normalized spacial score (nSPS) is 14.2. The highest BCUT2D eigenvalue weighted by atomic mass is 16.3. The predicted octanol–water partition coefficient (Wildman–Crippen LogP) is 8.38. The first kappa shape index (κ1) is 19.0. The number of benzene rings is 4. The Morgan fingerprint density at radius 3 is 2.34 bits per heavy atom. The van der Waals surface area contributed by atoms with Gasteiger partial charge in [0.2, 0.25) is 0 Å². The lowest BCUT2D eigenvalue weighted by Crippen LogP contribution is -2.15. The average molecular weight is 451 g/mol. The summed E-state index contributed by atoms with van der Waals surface area (Å²) in [5.74, 6) is 0.926. The summed E-state index contributed by atoms with van der Waals surface area (Å²) in [6, 6.07) is 32.1. The summed E-state index contributed by atoms with van der Waals surface area (Å²) in [7, 11) is 0. The van der Waals surface area contributed by atoms with Crippen LogP contribution in [0.15, 0.2) is 102 Å². The van der Waals surface area contributed by atoms with Crippen LogP contribution in [0.3, 0.4) is 0 Å². The molecule has 0 unspecified atom stereocenters. The highest BCUT2D eigenvalue weighted by molar-refractivity contribution is 6.31. The van der Waals surface area contributed by atoms with E-state index in [0.717, 1.165) is 27.9 Å². The third-order valence-electron chi connectivity index (χ3n) is 7.81. The topological polar surface area (TPSA) is 31.0 Å². The Labute approximate surface area is 202 Å². The summed E-state index contributed by atoms with van der Waals surface area (Å²) in [5, 5.41) is 4.80. The predicted molar refractivity (Wildman–Crippen MR) is 143 cm³/mol. The molecule has 0 radical (unpaired) electrons. The molecule has 3 aromatic heterocycles. The molecule has 0 atom stereocenters. The van der Waals surface area contributed by atoms with Crippen LogP contribution in [0.2, 0.25) is 0 Å². The third-order valence-corrected chi connectivity index (χ3v) is 7.81. The summed E-state index contributed by atoms with van der Waals surface area (Å²) in [5.41, 5.74) is 9.23. The highest BCUT2D eigenvalue weighted by Gasteiger charge is 2.41. The molecule has 3 nitrogen and oxygen atoms in total. The molecule has 0 bridgehead atoms. The Balaban J connectivity index is 1.77. The number of nitrogens with zero attached hydrogens (tertiary/aromatic N) is 2. The van der Waals surface area contributed by atoms with Gasteiger partial charge >= 0.3 is 0 Å². The third kappa shape index (κ3) is 2.23. The van der Waals surface area contributed by atoms with Crippen molar-refractivity contribution in [3.05, 3.63) is 108 Å². The van der Waals surface area contributed by atoms with E-state index < -0.39 is 0 Å². The van der Waals surface area contributed by atoms with Crippen LogP contribution in [0.4, 0.5) is 0 Å². The van der Waals surface area contributed by atoms with Crippen LogP contribution in [-0.4, -0.2) is 9.55 Å². The maximum absolute atomic E-state index is 6.71. The molecule has 0 saturated carbocycles. The first-order valence-electron chi connectivity index (χ1n) is 12.1. The van der Waals surface area contributed by atoms with Gasteiger partial charge in [-0.2, -0.15) is 0 Å². The number of hydrogen-bond acceptors (Lipinski definition) is 2. The number of aromatic nitrogens is 2. The smallest absolute Gasteiger partial charge is 0.140 e. The molecule has 8 rings (SSSR count). The Morgan fingerprint density at radius 2 is 1.49 bits per heavy atom. The Bertz CT molecular complexity index is 1970. The quantitative estimate of drug-likeness (QED) is 0.251. The van der Waals surface area contributed by atoms with Crippen molar-refractivity contribution < 1.29 is 4.42 Å². The number of furan rings is 1. The van der Waals surface area contributed by atoms with Gasteiger partial charge in [0.05, 0.1) is 11.0 Å². The molecule has 0 amide bonds. The van der Waals surface area contributed by atoms with Gasteiger partial charge in [0.1, 0.15) is 17.0 Å². The molecule has 0 fully saturated rings. The molecule has 1 aliphatic rings. The van der Waals surface area contributed by atoms with Crippen molar-refractivity contribution in [2.45, 2.75) is 19.3 Å². The van der Waals surface area contributed by atoms with Crippen molar-refractivity contribution >= 4 is 43.7 Å². The minimum atomic E-state index is -0.197. The van der Waals surface area contributed by atoms with E-state index in [0.29, 0.717) is 0 Å². The molecule has 3 heteroatoms. The number of rotatable bonds is 1. The number of pyridine rings is 1. The summed E-state index contributed by atoms with van der Waals surface area (Å²) < 4.78 is 9.06. The molecule has 1 aliphatic carbocycles. The van der Waals surface area contributed by atoms with Gasteiger partial charge < -0.3 is 4.42 Å². The van der Waals surface area contributed by atoms with Crippen molar-refractivity contribution in [3.63, 3.8) is 0 Å². The second kappa shape index (κ2) is 6.39. The molecule has 35 heavy (non-hydrogen) atoms. The molecule has 3 heterocycles. The van der Waals surface area contributed by atoms with Crippen LogP contribution >= 0.6 is 0 Å². The van der Waals surface area contributed by atoms with Crippen LogP contribution in [0, 0.1) is 0 Å². The maximum Gasteiger partial charge on any atom is 0.140 e. The molecule has 7 aromatic rings. The van der Waals surface area contributed by atoms with E-state index >= 15 is 0 Å². The monoisotopic (exact) mass is 450 g/mol. The second-order valence-corrected chi connectivity index (χ2v) is 9.99. The average Bonchev–Trinajstić information content (AvgIpc) is 3.51. The first-order chi connectivity index (χ1) is 17.2. The van der Waals surface area contributed by atoms with Crippen LogP contribution in [-0.2, 0) is 5.41 Å². The molecular formula is C32H22N2O. The molecule has 4 aromatic carbocycles. The fraction of sp³-hybridized carbons (Fsp3) is 0.0938. The van der Waals surface area contributed by atoms with E-state index in [1.54, 1.807) is 0 Å².